The Bertz CT molecular complexity index is 714. The molecule has 0 spiro atoms. The highest BCUT2D eigenvalue weighted by atomic mass is 32.2. The van der Waals surface area contributed by atoms with Crippen molar-refractivity contribution in [1.29, 1.82) is 0 Å². The zero-order chi connectivity index (χ0) is 22.0. The summed E-state index contributed by atoms with van der Waals surface area (Å²) in [6.07, 6.45) is -0.929. The summed E-state index contributed by atoms with van der Waals surface area (Å²) in [5.74, 6) is -1.85. The predicted molar refractivity (Wildman–Crippen MR) is 109 cm³/mol. The first kappa shape index (κ1) is 24.8. The molecular weight excluding hydrogens is 396 g/mol. The molecule has 0 amide bonds. The zero-order valence-electron chi connectivity index (χ0n) is 17.6. The van der Waals surface area contributed by atoms with Gasteiger partial charge in [0.15, 0.2) is 12.2 Å². The van der Waals surface area contributed by atoms with Crippen LogP contribution in [0.5, 0.6) is 0 Å². The van der Waals surface area contributed by atoms with Crippen molar-refractivity contribution in [3.63, 3.8) is 0 Å². The van der Waals surface area contributed by atoms with Crippen LogP contribution < -0.4 is 0 Å². The Hall–Kier alpha value is -2.22. The number of hydrogen-bond acceptors (Lipinski definition) is 7. The third-order valence-corrected chi connectivity index (χ3v) is 5.54. The molecule has 1 unspecified atom stereocenters. The monoisotopic (exact) mass is 426 g/mol. The highest BCUT2D eigenvalue weighted by Gasteiger charge is 2.37. The molecule has 0 aliphatic heterocycles. The average molecular weight is 427 g/mol. The Morgan fingerprint density at radius 3 is 1.90 bits per heavy atom. The van der Waals surface area contributed by atoms with E-state index in [4.69, 9.17) is 14.2 Å². The second kappa shape index (κ2) is 12.4. The Morgan fingerprint density at radius 1 is 0.897 bits per heavy atom. The molecule has 0 radical (unpaired) electrons. The third kappa shape index (κ3) is 9.21. The van der Waals surface area contributed by atoms with Gasteiger partial charge in [0.1, 0.15) is 6.10 Å². The maximum atomic E-state index is 12.9. The summed E-state index contributed by atoms with van der Waals surface area (Å²) in [5, 5.41) is 0. The van der Waals surface area contributed by atoms with Crippen LogP contribution in [0.25, 0.3) is 0 Å². The lowest BCUT2D eigenvalue weighted by Crippen LogP contribution is -2.47. The Labute approximate surface area is 174 Å². The highest BCUT2D eigenvalue weighted by molar-refractivity contribution is 7.85. The first-order chi connectivity index (χ1) is 13.6. The first-order valence-electron chi connectivity index (χ1n) is 9.60. The molecule has 1 aromatic rings. The molecule has 0 aromatic heterocycles. The smallest absolute Gasteiger partial charge is 0.303 e. The summed E-state index contributed by atoms with van der Waals surface area (Å²) < 4.78 is 29.0. The minimum absolute atomic E-state index is 0.0928. The van der Waals surface area contributed by atoms with E-state index < -0.39 is 47.0 Å². The molecule has 0 N–H and O–H groups in total. The third-order valence-electron chi connectivity index (χ3n) is 4.11. The lowest BCUT2D eigenvalue weighted by atomic mass is 10.0. The minimum atomic E-state index is -1.52. The number of benzene rings is 1. The van der Waals surface area contributed by atoms with Crippen LogP contribution in [-0.2, 0) is 39.4 Å². The molecule has 0 aliphatic rings. The predicted octanol–water partition coefficient (Wildman–Crippen LogP) is 3.09. The van der Waals surface area contributed by atoms with Gasteiger partial charge in [-0.15, -0.1) is 0 Å². The number of ether oxygens (including phenoxy) is 3. The van der Waals surface area contributed by atoms with Gasteiger partial charge >= 0.3 is 17.9 Å². The zero-order valence-corrected chi connectivity index (χ0v) is 18.5. The summed E-state index contributed by atoms with van der Waals surface area (Å²) >= 11 is 0. The molecule has 0 bridgehead atoms. The molecule has 0 saturated carbocycles. The van der Waals surface area contributed by atoms with Crippen LogP contribution in [0.3, 0.4) is 0 Å². The molecule has 8 heteroatoms. The van der Waals surface area contributed by atoms with Crippen LogP contribution in [0.1, 0.15) is 52.5 Å². The van der Waals surface area contributed by atoms with Gasteiger partial charge in [0.2, 0.25) is 0 Å². The van der Waals surface area contributed by atoms with E-state index in [1.807, 2.05) is 26.0 Å². The van der Waals surface area contributed by atoms with E-state index in [2.05, 4.69) is 0 Å². The summed E-state index contributed by atoms with van der Waals surface area (Å²) in [7, 11) is -1.52. The number of esters is 3. The second-order valence-electron chi connectivity index (χ2n) is 6.84. The standard InChI is InChI=1S/C21H30O7S/c1-6-7-8-19(26-15(3)22)21(28-17(5)24)20(27-16(4)23)13-29(25)18-11-9-14(2)10-12-18/h9-12,19-21H,6-8,13H2,1-5H3/t19-,20+,21+,29?/m0/s1. The Balaban J connectivity index is 3.19. The lowest BCUT2D eigenvalue weighted by molar-refractivity contribution is -0.181. The van der Waals surface area contributed by atoms with Gasteiger partial charge in [0, 0.05) is 25.7 Å². The number of rotatable bonds is 11. The molecule has 162 valence electrons. The highest BCUT2D eigenvalue weighted by Crippen LogP contribution is 2.21. The van der Waals surface area contributed by atoms with Gasteiger partial charge in [-0.1, -0.05) is 31.0 Å². The van der Waals surface area contributed by atoms with Gasteiger partial charge < -0.3 is 14.2 Å². The maximum Gasteiger partial charge on any atom is 0.303 e. The quantitative estimate of drug-likeness (QED) is 0.396. The van der Waals surface area contributed by atoms with Crippen LogP contribution in [0, 0.1) is 6.92 Å². The molecule has 4 atom stereocenters. The second-order valence-corrected chi connectivity index (χ2v) is 8.33. The summed E-state index contributed by atoms with van der Waals surface area (Å²) in [4.78, 5) is 35.6. The summed E-state index contributed by atoms with van der Waals surface area (Å²) in [5.41, 5.74) is 1.02. The molecule has 0 saturated heterocycles. The van der Waals surface area contributed by atoms with E-state index in [1.54, 1.807) is 12.1 Å². The maximum absolute atomic E-state index is 12.9. The van der Waals surface area contributed by atoms with E-state index in [-0.39, 0.29) is 5.75 Å². The molecule has 1 rings (SSSR count). The van der Waals surface area contributed by atoms with E-state index in [0.29, 0.717) is 17.7 Å². The normalized spacial score (nSPS) is 14.9. The van der Waals surface area contributed by atoms with Crippen LogP contribution in [-0.4, -0.2) is 46.2 Å². The van der Waals surface area contributed by atoms with Crippen molar-refractivity contribution in [2.75, 3.05) is 5.75 Å². The van der Waals surface area contributed by atoms with Crippen LogP contribution in [0.4, 0.5) is 0 Å². The SMILES string of the molecule is CCCC[C@H](OC(C)=O)[C@@H](OC(C)=O)[C@@H](CS(=O)c1ccc(C)cc1)OC(C)=O. The van der Waals surface area contributed by atoms with Crippen molar-refractivity contribution in [3.8, 4) is 0 Å². The van der Waals surface area contributed by atoms with Crippen LogP contribution in [0.2, 0.25) is 0 Å². The Morgan fingerprint density at radius 2 is 1.41 bits per heavy atom. The van der Waals surface area contributed by atoms with E-state index in [9.17, 15) is 18.6 Å². The largest absolute Gasteiger partial charge is 0.458 e. The fourth-order valence-corrected chi connectivity index (χ4v) is 4.02. The van der Waals surface area contributed by atoms with E-state index in [0.717, 1.165) is 12.0 Å². The fraction of sp³-hybridized carbons (Fsp3) is 0.571. The van der Waals surface area contributed by atoms with Gasteiger partial charge in [-0.05, 0) is 31.9 Å². The van der Waals surface area contributed by atoms with Gasteiger partial charge in [-0.3, -0.25) is 18.6 Å². The van der Waals surface area contributed by atoms with Crippen molar-refractivity contribution >= 4 is 28.7 Å². The van der Waals surface area contributed by atoms with E-state index in [1.165, 1.54) is 20.8 Å². The number of hydrogen-bond donors (Lipinski definition) is 0. The lowest BCUT2D eigenvalue weighted by Gasteiger charge is -2.32. The molecule has 7 nitrogen and oxygen atoms in total. The fourth-order valence-electron chi connectivity index (χ4n) is 2.84. The van der Waals surface area contributed by atoms with Crippen LogP contribution >= 0.6 is 0 Å². The summed E-state index contributed by atoms with van der Waals surface area (Å²) in [6.45, 7) is 7.60. The number of unbranched alkanes of at least 4 members (excludes halogenated alkanes) is 1. The first-order valence-corrected chi connectivity index (χ1v) is 10.9. The topological polar surface area (TPSA) is 96.0 Å². The van der Waals surface area contributed by atoms with Gasteiger partial charge in [0.05, 0.1) is 16.6 Å². The van der Waals surface area contributed by atoms with Gasteiger partial charge in [-0.25, -0.2) is 0 Å². The number of carbonyl (C=O) groups is 3. The van der Waals surface area contributed by atoms with Gasteiger partial charge in [-0.2, -0.15) is 0 Å². The number of carbonyl (C=O) groups excluding carboxylic acids is 3. The van der Waals surface area contributed by atoms with Crippen LogP contribution in [0.15, 0.2) is 29.2 Å². The molecule has 29 heavy (non-hydrogen) atoms. The number of aryl methyl sites for hydroxylation is 1. The molecule has 0 aliphatic carbocycles. The Kier molecular flexibility index (Phi) is 10.6. The summed E-state index contributed by atoms with van der Waals surface area (Å²) in [6, 6.07) is 7.14. The van der Waals surface area contributed by atoms with Crippen molar-refractivity contribution in [2.24, 2.45) is 0 Å². The van der Waals surface area contributed by atoms with Crippen molar-refractivity contribution < 1.29 is 32.8 Å². The molecular formula is C21H30O7S. The van der Waals surface area contributed by atoms with Crippen molar-refractivity contribution in [1.82, 2.24) is 0 Å². The molecule has 0 fully saturated rings. The van der Waals surface area contributed by atoms with Crippen molar-refractivity contribution in [3.05, 3.63) is 29.8 Å². The minimum Gasteiger partial charge on any atom is -0.458 e. The average Bonchev–Trinajstić information content (AvgIpc) is 2.62. The van der Waals surface area contributed by atoms with Crippen molar-refractivity contribution in [2.45, 2.75) is 77.1 Å². The molecule has 1 aromatic carbocycles. The molecule has 0 heterocycles. The van der Waals surface area contributed by atoms with E-state index >= 15 is 0 Å². The van der Waals surface area contributed by atoms with Gasteiger partial charge in [0.25, 0.3) is 0 Å².